The summed E-state index contributed by atoms with van der Waals surface area (Å²) in [5.74, 6) is 0.950. The van der Waals surface area contributed by atoms with Crippen molar-refractivity contribution in [3.05, 3.63) is 5.56 Å². The third-order valence-corrected chi connectivity index (χ3v) is 4.24. The maximum atomic E-state index is 10.3. The second-order valence-corrected chi connectivity index (χ2v) is 5.86. The highest BCUT2D eigenvalue weighted by molar-refractivity contribution is 5.64. The van der Waals surface area contributed by atoms with Crippen molar-refractivity contribution in [2.75, 3.05) is 11.1 Å². The van der Waals surface area contributed by atoms with Gasteiger partial charge in [0.15, 0.2) is 5.82 Å². The summed E-state index contributed by atoms with van der Waals surface area (Å²) in [6, 6.07) is 2.44. The molecule has 2 aliphatic rings. The smallest absolute Gasteiger partial charge is 0.168 e. The summed E-state index contributed by atoms with van der Waals surface area (Å²) in [5, 5.41) is 27.3. The van der Waals surface area contributed by atoms with Gasteiger partial charge in [0, 0.05) is 6.04 Å². The number of anilines is 2. The summed E-state index contributed by atoms with van der Waals surface area (Å²) >= 11 is 0. The van der Waals surface area contributed by atoms with E-state index in [2.05, 4.69) is 16.5 Å². The van der Waals surface area contributed by atoms with Crippen LogP contribution in [-0.4, -0.2) is 27.0 Å². The molecule has 2 unspecified atom stereocenters. The molecule has 2 saturated carbocycles. The van der Waals surface area contributed by atoms with E-state index in [1.54, 1.807) is 4.68 Å². The molecular weight excluding hydrogens is 254 g/mol. The number of nitrogens with two attached hydrogens (primary N) is 1. The van der Waals surface area contributed by atoms with E-state index >= 15 is 0 Å². The van der Waals surface area contributed by atoms with E-state index in [-0.39, 0.29) is 6.04 Å². The lowest BCUT2D eigenvalue weighted by Gasteiger charge is -2.21. The maximum absolute atomic E-state index is 10.3. The molecule has 2 fully saturated rings. The SMILES string of the molecule is N#Cc1c(NC2CC2)nn(C2CCCCCC2O)c1N. The molecule has 2 atom stereocenters. The van der Waals surface area contributed by atoms with Crippen LogP contribution in [0.1, 0.15) is 56.6 Å². The van der Waals surface area contributed by atoms with Crippen molar-refractivity contribution in [2.24, 2.45) is 0 Å². The van der Waals surface area contributed by atoms with Crippen LogP contribution in [0.2, 0.25) is 0 Å². The minimum absolute atomic E-state index is 0.112. The number of nitrogen functional groups attached to an aromatic ring is 1. The lowest BCUT2D eigenvalue weighted by molar-refractivity contribution is 0.100. The van der Waals surface area contributed by atoms with Crippen LogP contribution in [0.15, 0.2) is 0 Å². The molecule has 0 amide bonds. The Morgan fingerprint density at radius 3 is 2.70 bits per heavy atom. The molecular formula is C14H21N5O. The van der Waals surface area contributed by atoms with Gasteiger partial charge in [-0.2, -0.15) is 10.4 Å². The Hall–Kier alpha value is -1.74. The predicted octanol–water partition coefficient (Wildman–Crippen LogP) is 1.78. The molecule has 6 nitrogen and oxygen atoms in total. The van der Waals surface area contributed by atoms with Crippen molar-refractivity contribution in [3.63, 3.8) is 0 Å². The zero-order chi connectivity index (χ0) is 14.1. The maximum Gasteiger partial charge on any atom is 0.168 e. The second-order valence-electron chi connectivity index (χ2n) is 5.86. The van der Waals surface area contributed by atoms with Gasteiger partial charge in [0.05, 0.1) is 12.1 Å². The first-order valence-electron chi connectivity index (χ1n) is 7.43. The summed E-state index contributed by atoms with van der Waals surface area (Å²) < 4.78 is 1.67. The summed E-state index contributed by atoms with van der Waals surface area (Å²) in [6.45, 7) is 0. The fourth-order valence-corrected chi connectivity index (χ4v) is 2.89. The van der Waals surface area contributed by atoms with Gasteiger partial charge in [0.1, 0.15) is 17.5 Å². The van der Waals surface area contributed by atoms with E-state index in [4.69, 9.17) is 5.73 Å². The van der Waals surface area contributed by atoms with Crippen LogP contribution in [-0.2, 0) is 0 Å². The van der Waals surface area contributed by atoms with Crippen molar-refractivity contribution < 1.29 is 5.11 Å². The highest BCUT2D eigenvalue weighted by atomic mass is 16.3. The van der Waals surface area contributed by atoms with Gasteiger partial charge in [-0.15, -0.1) is 0 Å². The van der Waals surface area contributed by atoms with E-state index in [0.717, 1.165) is 44.9 Å². The molecule has 108 valence electrons. The number of rotatable bonds is 3. The molecule has 1 heterocycles. The first kappa shape index (κ1) is 13.3. The number of aliphatic hydroxyl groups excluding tert-OH is 1. The zero-order valence-corrected chi connectivity index (χ0v) is 11.5. The molecule has 2 aliphatic carbocycles. The van der Waals surface area contributed by atoms with Gasteiger partial charge in [-0.25, -0.2) is 4.68 Å². The first-order chi connectivity index (χ1) is 9.70. The fraction of sp³-hybridized carbons (Fsp3) is 0.714. The van der Waals surface area contributed by atoms with Gasteiger partial charge in [-0.3, -0.25) is 0 Å². The third-order valence-electron chi connectivity index (χ3n) is 4.24. The quantitative estimate of drug-likeness (QED) is 0.730. The molecule has 4 N–H and O–H groups in total. The number of aromatic nitrogens is 2. The topological polar surface area (TPSA) is 99.9 Å². The second kappa shape index (κ2) is 5.33. The van der Waals surface area contributed by atoms with E-state index in [1.165, 1.54) is 0 Å². The predicted molar refractivity (Wildman–Crippen MR) is 76.1 cm³/mol. The standard InChI is InChI=1S/C14H21N5O/c15-8-10-13(16)19(18-14(10)17-9-6-7-9)11-4-2-1-3-5-12(11)20/h9,11-12,20H,1-7,16H2,(H,17,18). The molecule has 3 rings (SSSR count). The normalized spacial score (nSPS) is 26.8. The Morgan fingerprint density at radius 2 is 2.00 bits per heavy atom. The van der Waals surface area contributed by atoms with Gasteiger partial charge >= 0.3 is 0 Å². The number of nitrogens with zero attached hydrogens (tertiary/aromatic N) is 3. The van der Waals surface area contributed by atoms with Gasteiger partial charge in [-0.1, -0.05) is 19.3 Å². The third kappa shape index (κ3) is 2.46. The molecule has 1 aromatic heterocycles. The Morgan fingerprint density at radius 1 is 1.25 bits per heavy atom. The molecule has 6 heteroatoms. The van der Waals surface area contributed by atoms with Crippen molar-refractivity contribution in [1.29, 1.82) is 5.26 Å². The van der Waals surface area contributed by atoms with Crippen LogP contribution in [0.5, 0.6) is 0 Å². The van der Waals surface area contributed by atoms with Crippen molar-refractivity contribution in [1.82, 2.24) is 9.78 Å². The van der Waals surface area contributed by atoms with Crippen LogP contribution in [0, 0.1) is 11.3 Å². The van der Waals surface area contributed by atoms with E-state index in [9.17, 15) is 10.4 Å². The average Bonchev–Trinajstić information content (AvgIpc) is 3.21. The van der Waals surface area contributed by atoms with Crippen LogP contribution < -0.4 is 11.1 Å². The lowest BCUT2D eigenvalue weighted by Crippen LogP contribution is -2.25. The Balaban J connectivity index is 1.91. The molecule has 0 saturated heterocycles. The number of nitrogens with one attached hydrogen (secondary N) is 1. The van der Waals surface area contributed by atoms with Crippen LogP contribution in [0.3, 0.4) is 0 Å². The van der Waals surface area contributed by atoms with Gasteiger partial charge < -0.3 is 16.2 Å². The molecule has 0 aromatic carbocycles. The molecule has 1 aromatic rings. The zero-order valence-electron chi connectivity index (χ0n) is 11.5. The van der Waals surface area contributed by atoms with Crippen molar-refractivity contribution >= 4 is 11.6 Å². The van der Waals surface area contributed by atoms with Crippen molar-refractivity contribution in [3.8, 4) is 6.07 Å². The summed E-state index contributed by atoms with van der Waals surface area (Å²) in [5.41, 5.74) is 6.49. The largest absolute Gasteiger partial charge is 0.391 e. The Labute approximate surface area is 118 Å². The van der Waals surface area contributed by atoms with Gasteiger partial charge in [0.2, 0.25) is 0 Å². The number of hydrogen-bond donors (Lipinski definition) is 3. The molecule has 0 aliphatic heterocycles. The monoisotopic (exact) mass is 275 g/mol. The highest BCUT2D eigenvalue weighted by Crippen LogP contribution is 2.34. The minimum atomic E-state index is -0.431. The summed E-state index contributed by atoms with van der Waals surface area (Å²) in [4.78, 5) is 0. The lowest BCUT2D eigenvalue weighted by atomic mass is 10.1. The van der Waals surface area contributed by atoms with Gasteiger partial charge in [0.25, 0.3) is 0 Å². The number of aliphatic hydroxyl groups is 1. The highest BCUT2D eigenvalue weighted by Gasteiger charge is 2.30. The van der Waals surface area contributed by atoms with Crippen LogP contribution in [0.4, 0.5) is 11.6 Å². The van der Waals surface area contributed by atoms with Crippen LogP contribution >= 0.6 is 0 Å². The number of hydrogen-bond acceptors (Lipinski definition) is 5. The Kier molecular flexibility index (Phi) is 3.53. The first-order valence-corrected chi connectivity index (χ1v) is 7.43. The fourth-order valence-electron chi connectivity index (χ4n) is 2.89. The van der Waals surface area contributed by atoms with E-state index < -0.39 is 6.10 Å². The van der Waals surface area contributed by atoms with E-state index in [1.807, 2.05) is 0 Å². The molecule has 0 spiro atoms. The minimum Gasteiger partial charge on any atom is -0.391 e. The number of nitriles is 1. The van der Waals surface area contributed by atoms with Gasteiger partial charge in [-0.05, 0) is 25.7 Å². The van der Waals surface area contributed by atoms with Crippen molar-refractivity contribution in [2.45, 2.75) is 63.1 Å². The summed E-state index contributed by atoms with van der Waals surface area (Å²) in [6.07, 6.45) is 6.67. The molecule has 0 radical (unpaired) electrons. The summed E-state index contributed by atoms with van der Waals surface area (Å²) in [7, 11) is 0. The van der Waals surface area contributed by atoms with Crippen LogP contribution in [0.25, 0.3) is 0 Å². The van der Waals surface area contributed by atoms with E-state index in [0.29, 0.717) is 23.2 Å². The average molecular weight is 275 g/mol. The Bertz CT molecular complexity index is 528. The molecule has 20 heavy (non-hydrogen) atoms. The molecule has 0 bridgehead atoms.